The molecule has 0 aliphatic carbocycles. The van der Waals surface area contributed by atoms with Crippen LogP contribution in [-0.2, 0) is 14.4 Å². The fraction of sp³-hybridized carbons (Fsp3) is 0.583. The first-order valence-electron chi connectivity index (χ1n) is 11.9. The van der Waals surface area contributed by atoms with Crippen LogP contribution in [0.4, 0.5) is 0 Å². The smallest absolute Gasteiger partial charge is 0.328 e. The van der Waals surface area contributed by atoms with E-state index >= 15 is 0 Å². The van der Waals surface area contributed by atoms with Crippen LogP contribution in [0.25, 0.3) is 0 Å². The van der Waals surface area contributed by atoms with Crippen LogP contribution in [0, 0.1) is 11.8 Å². The van der Waals surface area contributed by atoms with Crippen molar-refractivity contribution < 1.29 is 29.4 Å². The summed E-state index contributed by atoms with van der Waals surface area (Å²) in [4.78, 5) is 51.0. The maximum atomic E-state index is 12.7. The number of aliphatic carboxylic acids is 1. The molecule has 2 fully saturated rings. The molecule has 186 valence electrons. The number of nitrogens with zero attached hydrogens (tertiary/aromatic N) is 1. The Kier molecular flexibility index (Phi) is 9.26. The van der Waals surface area contributed by atoms with Crippen LogP contribution in [0.1, 0.15) is 48.9 Å². The number of hydrogen-bond acceptors (Lipinski definition) is 6. The summed E-state index contributed by atoms with van der Waals surface area (Å²) in [6, 6.07) is 4.10. The number of carbonyl (C=O) groups excluding carboxylic acids is 3. The number of carboxylic acids is 1. The van der Waals surface area contributed by atoms with E-state index in [-0.39, 0.29) is 29.7 Å². The minimum absolute atomic E-state index is 0.00936. The van der Waals surface area contributed by atoms with Crippen molar-refractivity contribution in [3.8, 4) is 5.75 Å². The molecule has 10 nitrogen and oxygen atoms in total. The second kappa shape index (κ2) is 12.4. The fourth-order valence-corrected chi connectivity index (χ4v) is 4.48. The molecule has 2 saturated heterocycles. The van der Waals surface area contributed by atoms with Gasteiger partial charge in [0.15, 0.2) is 0 Å². The van der Waals surface area contributed by atoms with Crippen LogP contribution in [0.15, 0.2) is 24.3 Å². The maximum Gasteiger partial charge on any atom is 0.328 e. The van der Waals surface area contributed by atoms with Gasteiger partial charge in [-0.05, 0) is 75.4 Å². The van der Waals surface area contributed by atoms with Crippen molar-refractivity contribution in [2.24, 2.45) is 11.8 Å². The molecule has 0 aromatic heterocycles. The maximum absolute atomic E-state index is 12.7. The predicted octanol–water partition coefficient (Wildman–Crippen LogP) is 0.710. The van der Waals surface area contributed by atoms with Crippen molar-refractivity contribution in [1.29, 1.82) is 0 Å². The Morgan fingerprint density at radius 1 is 1.09 bits per heavy atom. The molecule has 0 unspecified atom stereocenters. The number of phenols is 1. The van der Waals surface area contributed by atoms with Crippen LogP contribution >= 0.6 is 0 Å². The number of likely N-dealkylation sites (tertiary alicyclic amines) is 1. The molecule has 2 heterocycles. The summed E-state index contributed by atoms with van der Waals surface area (Å²) in [7, 11) is 0. The van der Waals surface area contributed by atoms with Crippen molar-refractivity contribution in [3.05, 3.63) is 29.8 Å². The van der Waals surface area contributed by atoms with Gasteiger partial charge in [0, 0.05) is 31.6 Å². The predicted molar refractivity (Wildman–Crippen MR) is 124 cm³/mol. The highest BCUT2D eigenvalue weighted by Gasteiger charge is 2.30. The van der Waals surface area contributed by atoms with Gasteiger partial charge in [0.1, 0.15) is 11.8 Å². The second-order valence-electron chi connectivity index (χ2n) is 9.07. The van der Waals surface area contributed by atoms with E-state index in [9.17, 15) is 29.4 Å². The van der Waals surface area contributed by atoms with E-state index in [0.717, 1.165) is 38.8 Å². The zero-order valence-electron chi connectivity index (χ0n) is 19.3. The third-order valence-electron chi connectivity index (χ3n) is 6.58. The number of piperidine rings is 2. The highest BCUT2D eigenvalue weighted by atomic mass is 16.4. The average molecular weight is 475 g/mol. The van der Waals surface area contributed by atoms with Crippen molar-refractivity contribution in [2.75, 3.05) is 32.7 Å². The number of benzene rings is 1. The number of phenolic OH excluding ortho intramolecular Hbond substituents is 1. The monoisotopic (exact) mass is 474 g/mol. The normalized spacial score (nSPS) is 19.8. The standard InChI is InChI=1S/C24H34N4O6/c29-19-6-4-17(5-7-19)23(32)27-20(24(33)34)14-26-22(31)18-2-1-13-28(15-18)21(30)8-3-16-9-11-25-12-10-16/h4-7,16,18,20,25,29H,1-3,8-15H2,(H,26,31)(H,27,32)(H,33,34)/t18-,20+/m1/s1. The Balaban J connectivity index is 1.46. The molecular weight excluding hydrogens is 440 g/mol. The lowest BCUT2D eigenvalue weighted by Gasteiger charge is -2.33. The number of carbonyl (C=O) groups is 4. The molecule has 3 rings (SSSR count). The Hall–Kier alpha value is -3.14. The lowest BCUT2D eigenvalue weighted by molar-refractivity contribution is -0.139. The summed E-state index contributed by atoms with van der Waals surface area (Å²) >= 11 is 0. The van der Waals surface area contributed by atoms with E-state index in [1.807, 2.05) is 0 Å². The number of carboxylic acid groups (broad SMARTS) is 1. The zero-order valence-corrected chi connectivity index (χ0v) is 19.3. The number of amides is 3. The van der Waals surface area contributed by atoms with Crippen LogP contribution < -0.4 is 16.0 Å². The topological polar surface area (TPSA) is 148 Å². The summed E-state index contributed by atoms with van der Waals surface area (Å²) in [6.07, 6.45) is 4.88. The van der Waals surface area contributed by atoms with Gasteiger partial charge in [0.05, 0.1) is 5.92 Å². The number of aromatic hydroxyl groups is 1. The molecule has 0 saturated carbocycles. The quantitative estimate of drug-likeness (QED) is 0.354. The molecule has 0 spiro atoms. The van der Waals surface area contributed by atoms with Crippen molar-refractivity contribution >= 4 is 23.7 Å². The van der Waals surface area contributed by atoms with Gasteiger partial charge in [0.25, 0.3) is 5.91 Å². The molecule has 0 radical (unpaired) electrons. The Bertz CT molecular complexity index is 869. The molecule has 2 aliphatic rings. The first-order valence-corrected chi connectivity index (χ1v) is 11.9. The largest absolute Gasteiger partial charge is 0.508 e. The van der Waals surface area contributed by atoms with Crippen molar-refractivity contribution in [3.63, 3.8) is 0 Å². The summed E-state index contributed by atoms with van der Waals surface area (Å²) in [5.41, 5.74) is 0.196. The van der Waals surface area contributed by atoms with Gasteiger partial charge < -0.3 is 31.1 Å². The summed E-state index contributed by atoms with van der Waals surface area (Å²) in [5, 5.41) is 27.1. The molecule has 3 amide bonds. The van der Waals surface area contributed by atoms with E-state index in [4.69, 9.17) is 0 Å². The molecule has 2 atom stereocenters. The molecular formula is C24H34N4O6. The van der Waals surface area contributed by atoms with E-state index in [2.05, 4.69) is 16.0 Å². The number of hydrogen-bond donors (Lipinski definition) is 5. The third-order valence-corrected chi connectivity index (χ3v) is 6.58. The van der Waals surface area contributed by atoms with Gasteiger partial charge >= 0.3 is 5.97 Å². The van der Waals surface area contributed by atoms with Gasteiger partial charge in [-0.3, -0.25) is 14.4 Å². The Morgan fingerprint density at radius 3 is 2.47 bits per heavy atom. The zero-order chi connectivity index (χ0) is 24.5. The third kappa shape index (κ3) is 7.44. The highest BCUT2D eigenvalue weighted by molar-refractivity contribution is 5.96. The summed E-state index contributed by atoms with van der Waals surface area (Å²) in [6.45, 7) is 2.69. The fourth-order valence-electron chi connectivity index (χ4n) is 4.48. The van der Waals surface area contributed by atoms with Gasteiger partial charge in [-0.25, -0.2) is 4.79 Å². The Morgan fingerprint density at radius 2 is 1.79 bits per heavy atom. The minimum atomic E-state index is -1.31. The molecule has 2 aliphatic heterocycles. The second-order valence-corrected chi connectivity index (χ2v) is 9.07. The Labute approximate surface area is 199 Å². The van der Waals surface area contributed by atoms with E-state index in [1.165, 1.54) is 24.3 Å². The molecule has 0 bridgehead atoms. The molecule has 5 N–H and O–H groups in total. The SMILES string of the molecule is O=C(N[C@@H](CNC(=O)[C@@H]1CCCN(C(=O)CCC2CCNCC2)C1)C(=O)O)c1ccc(O)cc1. The van der Waals surface area contributed by atoms with Crippen molar-refractivity contribution in [1.82, 2.24) is 20.9 Å². The molecule has 34 heavy (non-hydrogen) atoms. The van der Waals surface area contributed by atoms with Gasteiger partial charge in [0.2, 0.25) is 11.8 Å². The first-order chi connectivity index (χ1) is 16.3. The van der Waals surface area contributed by atoms with E-state index in [1.54, 1.807) is 4.90 Å². The van der Waals surface area contributed by atoms with E-state index in [0.29, 0.717) is 31.8 Å². The van der Waals surface area contributed by atoms with Crippen LogP contribution in [0.5, 0.6) is 5.75 Å². The summed E-state index contributed by atoms with van der Waals surface area (Å²) in [5.74, 6) is -1.99. The number of nitrogens with one attached hydrogen (secondary N) is 3. The van der Waals surface area contributed by atoms with Crippen molar-refractivity contribution in [2.45, 2.75) is 44.6 Å². The highest BCUT2D eigenvalue weighted by Crippen LogP contribution is 2.21. The van der Waals surface area contributed by atoms with E-state index < -0.39 is 23.8 Å². The molecule has 10 heteroatoms. The average Bonchev–Trinajstić information content (AvgIpc) is 2.85. The van der Waals surface area contributed by atoms with Gasteiger partial charge in [-0.2, -0.15) is 0 Å². The van der Waals surface area contributed by atoms with Crippen LogP contribution in [0.3, 0.4) is 0 Å². The first kappa shape index (κ1) is 25.5. The molecule has 1 aromatic carbocycles. The lowest BCUT2D eigenvalue weighted by atomic mass is 9.92. The number of rotatable bonds is 9. The summed E-state index contributed by atoms with van der Waals surface area (Å²) < 4.78 is 0. The van der Waals surface area contributed by atoms with Crippen LogP contribution in [0.2, 0.25) is 0 Å². The van der Waals surface area contributed by atoms with Crippen LogP contribution in [-0.4, -0.2) is 77.6 Å². The minimum Gasteiger partial charge on any atom is -0.508 e. The van der Waals surface area contributed by atoms with Gasteiger partial charge in [-0.1, -0.05) is 0 Å². The molecule has 1 aromatic rings. The lowest BCUT2D eigenvalue weighted by Crippen LogP contribution is -2.51. The van der Waals surface area contributed by atoms with Gasteiger partial charge in [-0.15, -0.1) is 0 Å².